The summed E-state index contributed by atoms with van der Waals surface area (Å²) in [5, 5.41) is 5.29. The van der Waals surface area contributed by atoms with E-state index < -0.39 is 0 Å². The maximum Gasteiger partial charge on any atom is 0.496 e. The van der Waals surface area contributed by atoms with Gasteiger partial charge in [0.2, 0.25) is 0 Å². The van der Waals surface area contributed by atoms with E-state index in [9.17, 15) is 0 Å². The van der Waals surface area contributed by atoms with Crippen LogP contribution < -0.4 is 5.46 Å². The van der Waals surface area contributed by atoms with E-state index in [0.29, 0.717) is 0 Å². The van der Waals surface area contributed by atoms with E-state index in [1.54, 1.807) is 0 Å². The van der Waals surface area contributed by atoms with Crippen molar-refractivity contribution in [2.75, 3.05) is 0 Å². The molecular weight excluding hydrogens is 863 g/mol. The number of thiophene rings is 2. The van der Waals surface area contributed by atoms with Crippen molar-refractivity contribution in [3.05, 3.63) is 147 Å². The average molecular weight is 901 g/mol. The van der Waals surface area contributed by atoms with Gasteiger partial charge in [-0.2, -0.15) is 0 Å². The van der Waals surface area contributed by atoms with Crippen LogP contribution in [0.4, 0.5) is 0 Å². The Labute approximate surface area is 334 Å². The van der Waals surface area contributed by atoms with E-state index in [2.05, 4.69) is 185 Å². The first-order chi connectivity index (χ1) is 24.0. The summed E-state index contributed by atoms with van der Waals surface area (Å²) in [6.45, 7) is 8.38. The maximum atomic E-state index is 6.24. The second-order valence-electron chi connectivity index (χ2n) is 13.1. The zero-order valence-corrected chi connectivity index (χ0v) is 34.4. The van der Waals surface area contributed by atoms with Gasteiger partial charge in [-0.3, -0.25) is 0 Å². The van der Waals surface area contributed by atoms with Gasteiger partial charge >= 0.3 is 7.12 Å². The molecule has 0 bridgehead atoms. The highest BCUT2D eigenvalue weighted by Crippen LogP contribution is 2.41. The Balaban J connectivity index is 0.000000143. The van der Waals surface area contributed by atoms with Crippen molar-refractivity contribution >= 4 is 123 Å². The summed E-state index contributed by atoms with van der Waals surface area (Å²) in [7, 11) is -0.304. The predicted molar refractivity (Wildman–Crippen MR) is 236 cm³/mol. The Hall–Kier alpha value is -2.82. The molecule has 9 rings (SSSR count). The Morgan fingerprint density at radius 1 is 0.490 bits per heavy atom. The fourth-order valence-corrected chi connectivity index (χ4v) is 9.98. The molecule has 0 unspecified atom stereocenters. The van der Waals surface area contributed by atoms with Crippen molar-refractivity contribution in [3.8, 4) is 11.1 Å². The van der Waals surface area contributed by atoms with Gasteiger partial charge in [0.15, 0.2) is 0 Å². The Morgan fingerprint density at radius 3 is 1.49 bits per heavy atom. The van der Waals surface area contributed by atoms with Gasteiger partial charge in [-0.1, -0.05) is 146 Å². The first-order valence-corrected chi connectivity index (χ1v) is 20.3. The molecule has 1 aliphatic rings. The summed E-state index contributed by atoms with van der Waals surface area (Å²) in [5.41, 5.74) is 3.09. The maximum absolute atomic E-state index is 6.24. The first kappa shape index (κ1) is 37.9. The molecule has 0 spiro atoms. The summed E-state index contributed by atoms with van der Waals surface area (Å²) in [4.78, 5) is 0. The zero-order valence-electron chi connectivity index (χ0n) is 28.0. The molecule has 0 radical (unpaired) electrons. The van der Waals surface area contributed by atoms with E-state index in [0.717, 1.165) is 18.9 Å². The van der Waals surface area contributed by atoms with Crippen molar-refractivity contribution in [3.63, 3.8) is 0 Å². The summed E-state index contributed by atoms with van der Waals surface area (Å²) >= 11 is 13.9. The monoisotopic (exact) mass is 898 g/mol. The minimum Gasteiger partial charge on any atom is -0.399 e. The highest BCUT2D eigenvalue weighted by Gasteiger charge is 2.52. The van der Waals surface area contributed by atoms with E-state index >= 15 is 0 Å². The number of hydrogen-bond acceptors (Lipinski definition) is 4. The lowest BCUT2D eigenvalue weighted by atomic mass is 9.78. The summed E-state index contributed by atoms with van der Waals surface area (Å²) in [6.07, 6.45) is 0. The van der Waals surface area contributed by atoms with Crippen LogP contribution in [0.2, 0.25) is 0 Å². The molecule has 0 amide bonds. The fourth-order valence-electron chi connectivity index (χ4n) is 6.02. The lowest BCUT2D eigenvalue weighted by Gasteiger charge is -2.32. The van der Waals surface area contributed by atoms with Crippen LogP contribution in [-0.2, 0) is 9.31 Å². The van der Waals surface area contributed by atoms with E-state index in [1.165, 1.54) is 51.5 Å². The van der Waals surface area contributed by atoms with Gasteiger partial charge < -0.3 is 9.31 Å². The standard InChI is InChI=1S/C18H19BO2S.C18H11BrS.C6H4Br2.CH4/c1-17(2)18(3,4)21-19(20-17)14-10-7-9-13-12-8-5-6-11-15(12)22-16(13)14;19-13-6-3-5-12(11-13)14-8-4-9-16-15-7-1-2-10-17(15)20-18(14)16;7-5-2-1-3-6(8)4-5;/h5-11H,1-4H3;1-11H;1-4H;1H4. The van der Waals surface area contributed by atoms with Gasteiger partial charge in [0.1, 0.15) is 0 Å². The highest BCUT2D eigenvalue weighted by molar-refractivity contribution is 9.11. The zero-order chi connectivity index (χ0) is 35.0. The van der Waals surface area contributed by atoms with Gasteiger partial charge in [-0.15, -0.1) is 22.7 Å². The molecule has 51 heavy (non-hydrogen) atoms. The third kappa shape index (κ3) is 7.93. The van der Waals surface area contributed by atoms with Gasteiger partial charge in [0, 0.05) is 53.8 Å². The minimum absolute atomic E-state index is 0. The minimum atomic E-state index is -0.309. The second kappa shape index (κ2) is 15.7. The molecule has 8 heteroatoms. The molecular formula is C43H38BBr3O2S2. The van der Waals surface area contributed by atoms with Crippen molar-refractivity contribution in [1.29, 1.82) is 0 Å². The van der Waals surface area contributed by atoms with Crippen LogP contribution in [0.1, 0.15) is 35.1 Å². The van der Waals surface area contributed by atoms with E-state index in [-0.39, 0.29) is 25.7 Å². The third-order valence-corrected chi connectivity index (χ3v) is 13.2. The smallest absolute Gasteiger partial charge is 0.399 e. The van der Waals surface area contributed by atoms with E-state index in [4.69, 9.17) is 9.31 Å². The van der Waals surface area contributed by atoms with Crippen molar-refractivity contribution in [2.24, 2.45) is 0 Å². The number of hydrogen-bond donors (Lipinski definition) is 0. The van der Waals surface area contributed by atoms with Crippen molar-refractivity contribution in [1.82, 2.24) is 0 Å². The molecule has 8 aromatic rings. The van der Waals surface area contributed by atoms with Gasteiger partial charge in [0.25, 0.3) is 0 Å². The van der Waals surface area contributed by atoms with Crippen LogP contribution in [0.5, 0.6) is 0 Å². The summed E-state index contributed by atoms with van der Waals surface area (Å²) < 4.78 is 21.1. The normalized spacial score (nSPS) is 14.5. The molecule has 6 aromatic carbocycles. The molecule has 2 aromatic heterocycles. The van der Waals surface area contributed by atoms with Crippen molar-refractivity contribution in [2.45, 2.75) is 46.3 Å². The number of benzene rings is 6. The van der Waals surface area contributed by atoms with Crippen LogP contribution in [0, 0.1) is 0 Å². The molecule has 0 N–H and O–H groups in total. The predicted octanol–water partition coefficient (Wildman–Crippen LogP) is 14.7. The first-order valence-electron chi connectivity index (χ1n) is 16.3. The lowest BCUT2D eigenvalue weighted by Crippen LogP contribution is -2.41. The van der Waals surface area contributed by atoms with E-state index in [1.807, 2.05) is 46.9 Å². The average Bonchev–Trinajstić information content (AvgIpc) is 3.73. The van der Waals surface area contributed by atoms with Crippen LogP contribution in [0.15, 0.2) is 147 Å². The molecule has 0 atom stereocenters. The van der Waals surface area contributed by atoms with Gasteiger partial charge in [-0.05, 0) is 86.7 Å². The molecule has 0 saturated carbocycles. The highest BCUT2D eigenvalue weighted by atomic mass is 79.9. The quantitative estimate of drug-likeness (QED) is 0.161. The summed E-state index contributed by atoms with van der Waals surface area (Å²) in [6, 6.07) is 46.6. The lowest BCUT2D eigenvalue weighted by molar-refractivity contribution is 0.00578. The van der Waals surface area contributed by atoms with Gasteiger partial charge in [-0.25, -0.2) is 0 Å². The fraction of sp³-hybridized carbons (Fsp3) is 0.163. The Morgan fingerprint density at radius 2 is 0.941 bits per heavy atom. The molecule has 0 aliphatic carbocycles. The Bertz CT molecular complexity index is 2430. The largest absolute Gasteiger partial charge is 0.496 e. The SMILES string of the molecule is Brc1cccc(-c2cccc3c2sc2ccccc23)c1.Brc1cccc(Br)c1.C.CC1(C)OB(c2cccc3c2sc2ccccc23)OC1(C)C. The molecule has 258 valence electrons. The number of halogens is 3. The molecule has 1 fully saturated rings. The topological polar surface area (TPSA) is 18.5 Å². The Kier molecular flexibility index (Phi) is 11.6. The third-order valence-electron chi connectivity index (χ3n) is 9.27. The number of rotatable bonds is 2. The summed E-state index contributed by atoms with van der Waals surface area (Å²) in [5.74, 6) is 0. The van der Waals surface area contributed by atoms with Gasteiger partial charge in [0.05, 0.1) is 11.2 Å². The van der Waals surface area contributed by atoms with Crippen LogP contribution in [0.25, 0.3) is 51.5 Å². The van der Waals surface area contributed by atoms with Crippen LogP contribution >= 0.6 is 70.5 Å². The number of fused-ring (bicyclic) bond motifs is 6. The van der Waals surface area contributed by atoms with Crippen LogP contribution in [0.3, 0.4) is 0 Å². The van der Waals surface area contributed by atoms with Crippen LogP contribution in [-0.4, -0.2) is 18.3 Å². The molecule has 3 heterocycles. The molecule has 1 aliphatic heterocycles. The molecule has 2 nitrogen and oxygen atoms in total. The molecule has 1 saturated heterocycles. The van der Waals surface area contributed by atoms with Crippen molar-refractivity contribution < 1.29 is 9.31 Å². The second-order valence-corrected chi connectivity index (χ2v) is 18.0.